The Hall–Kier alpha value is -0.980. The van der Waals surface area contributed by atoms with Crippen molar-refractivity contribution >= 4 is 33.8 Å². The minimum Gasteiger partial charge on any atom is -0.336 e. The maximum Gasteiger partial charge on any atom is 0.254 e. The maximum atomic E-state index is 13.0. The van der Waals surface area contributed by atoms with Gasteiger partial charge in [0.05, 0.1) is 6.54 Å². The van der Waals surface area contributed by atoms with Gasteiger partial charge in [0.2, 0.25) is 0 Å². The van der Waals surface area contributed by atoms with Crippen LogP contribution in [0.3, 0.4) is 0 Å². The zero-order valence-electron chi connectivity index (χ0n) is 15.1. The van der Waals surface area contributed by atoms with Crippen molar-refractivity contribution in [2.45, 2.75) is 19.6 Å². The molecule has 1 aromatic carbocycles. The summed E-state index contributed by atoms with van der Waals surface area (Å²) in [4.78, 5) is 22.0. The van der Waals surface area contributed by atoms with Crippen molar-refractivity contribution in [1.29, 1.82) is 0 Å². The normalized spacial score (nSPS) is 18.7. The first-order valence-electron chi connectivity index (χ1n) is 9.03. The summed E-state index contributed by atoms with van der Waals surface area (Å²) in [5.41, 5.74) is 1.98. The van der Waals surface area contributed by atoms with Crippen molar-refractivity contribution in [1.82, 2.24) is 9.80 Å². The van der Waals surface area contributed by atoms with Gasteiger partial charge in [-0.15, -0.1) is 0 Å². The molecule has 0 saturated carbocycles. The Labute approximate surface area is 159 Å². The van der Waals surface area contributed by atoms with Crippen molar-refractivity contribution in [3.8, 4) is 0 Å². The largest absolute Gasteiger partial charge is 0.336 e. The summed E-state index contributed by atoms with van der Waals surface area (Å²) < 4.78 is 1.16. The van der Waals surface area contributed by atoms with Crippen molar-refractivity contribution in [2.24, 2.45) is 10.9 Å². The fraction of sp³-hybridized carbons (Fsp3) is 0.579. The van der Waals surface area contributed by atoms with Crippen LogP contribution in [-0.4, -0.2) is 65.1 Å². The number of hydrogen-bond donors (Lipinski definition) is 0. The third-order valence-corrected chi connectivity index (χ3v) is 6.74. The zero-order chi connectivity index (χ0) is 17.6. The lowest BCUT2D eigenvalue weighted by Gasteiger charge is -2.35. The zero-order valence-corrected chi connectivity index (χ0v) is 16.7. The molecular formula is C19H27N3OS2. The van der Waals surface area contributed by atoms with Crippen molar-refractivity contribution < 1.29 is 4.79 Å². The van der Waals surface area contributed by atoms with Crippen LogP contribution in [0.2, 0.25) is 0 Å². The monoisotopic (exact) mass is 377 g/mol. The first kappa shape index (κ1) is 18.8. The number of carbonyl (C=O) groups is 1. The van der Waals surface area contributed by atoms with E-state index in [2.05, 4.69) is 29.8 Å². The molecule has 0 N–H and O–H groups in total. The van der Waals surface area contributed by atoms with Gasteiger partial charge in [0.1, 0.15) is 4.38 Å². The fourth-order valence-corrected chi connectivity index (χ4v) is 5.23. The molecule has 6 heteroatoms. The van der Waals surface area contributed by atoms with E-state index >= 15 is 0 Å². The molecule has 1 fully saturated rings. The Morgan fingerprint density at radius 2 is 2.00 bits per heavy atom. The van der Waals surface area contributed by atoms with E-state index in [1.165, 1.54) is 0 Å². The van der Waals surface area contributed by atoms with Crippen molar-refractivity contribution in [3.63, 3.8) is 0 Å². The van der Waals surface area contributed by atoms with Crippen LogP contribution in [0, 0.1) is 5.92 Å². The summed E-state index contributed by atoms with van der Waals surface area (Å²) >= 11 is 3.58. The number of amides is 1. The summed E-state index contributed by atoms with van der Waals surface area (Å²) in [5, 5.41) is 0. The SMILES string of the molecule is CC(C)CN1CCN(C(=O)c2ccccc2CSC2=NCCS2)CC1. The molecule has 2 aliphatic rings. The number of thioether (sulfide) groups is 2. The first-order valence-corrected chi connectivity index (χ1v) is 11.0. The summed E-state index contributed by atoms with van der Waals surface area (Å²) in [6.07, 6.45) is 0. The topological polar surface area (TPSA) is 35.9 Å². The van der Waals surface area contributed by atoms with Gasteiger partial charge in [-0.1, -0.05) is 55.6 Å². The molecule has 0 unspecified atom stereocenters. The highest BCUT2D eigenvalue weighted by molar-refractivity contribution is 8.38. The lowest BCUT2D eigenvalue weighted by molar-refractivity contribution is 0.0623. The summed E-state index contributed by atoms with van der Waals surface area (Å²) in [5.74, 6) is 2.77. The van der Waals surface area contributed by atoms with Gasteiger partial charge in [-0.25, -0.2) is 0 Å². The predicted octanol–water partition coefficient (Wildman–Crippen LogP) is 3.44. The number of nitrogens with zero attached hydrogens (tertiary/aromatic N) is 3. The van der Waals surface area contributed by atoms with Gasteiger partial charge in [0.25, 0.3) is 5.91 Å². The smallest absolute Gasteiger partial charge is 0.254 e. The third kappa shape index (κ3) is 5.25. The Morgan fingerprint density at radius 1 is 1.24 bits per heavy atom. The second-order valence-corrected chi connectivity index (χ2v) is 9.23. The van der Waals surface area contributed by atoms with E-state index < -0.39 is 0 Å². The molecule has 0 radical (unpaired) electrons. The number of hydrogen-bond acceptors (Lipinski definition) is 5. The molecule has 0 aromatic heterocycles. The number of aliphatic imine (C=N–C) groups is 1. The third-order valence-electron chi connectivity index (χ3n) is 4.44. The molecule has 1 saturated heterocycles. The van der Waals surface area contributed by atoms with Crippen molar-refractivity contribution in [2.75, 3.05) is 45.0 Å². The Bertz CT molecular complexity index is 625. The van der Waals surface area contributed by atoms with E-state index in [4.69, 9.17) is 0 Å². The fourth-order valence-electron chi connectivity index (χ4n) is 3.22. The van der Waals surface area contributed by atoms with Crippen LogP contribution >= 0.6 is 23.5 Å². The Morgan fingerprint density at radius 3 is 2.68 bits per heavy atom. The molecular weight excluding hydrogens is 350 g/mol. The van der Waals surface area contributed by atoms with Gasteiger partial charge < -0.3 is 4.90 Å². The molecule has 3 rings (SSSR count). The van der Waals surface area contributed by atoms with E-state index in [0.717, 1.165) is 66.3 Å². The molecule has 4 nitrogen and oxygen atoms in total. The van der Waals surface area contributed by atoms with Crippen LogP contribution in [0.5, 0.6) is 0 Å². The van der Waals surface area contributed by atoms with Crippen LogP contribution < -0.4 is 0 Å². The predicted molar refractivity (Wildman–Crippen MR) is 110 cm³/mol. The number of carbonyl (C=O) groups excluding carboxylic acids is 1. The van der Waals surface area contributed by atoms with Crippen molar-refractivity contribution in [3.05, 3.63) is 35.4 Å². The average Bonchev–Trinajstić information content (AvgIpc) is 3.13. The van der Waals surface area contributed by atoms with Gasteiger partial charge in [-0.05, 0) is 17.5 Å². The van der Waals surface area contributed by atoms with Crippen LogP contribution in [0.1, 0.15) is 29.8 Å². The molecule has 1 amide bonds. The van der Waals surface area contributed by atoms with Gasteiger partial charge in [0, 0.05) is 49.8 Å². The van der Waals surface area contributed by atoms with E-state index in [0.29, 0.717) is 5.92 Å². The number of benzene rings is 1. The average molecular weight is 378 g/mol. The van der Waals surface area contributed by atoms with Crippen LogP contribution in [-0.2, 0) is 5.75 Å². The molecule has 2 aliphatic heterocycles. The summed E-state index contributed by atoms with van der Waals surface area (Å²) in [6, 6.07) is 8.05. The molecule has 1 aromatic rings. The maximum absolute atomic E-state index is 13.0. The second-order valence-electron chi connectivity index (χ2n) is 6.93. The highest BCUT2D eigenvalue weighted by Gasteiger charge is 2.24. The number of rotatable bonds is 5. The standard InChI is InChI=1S/C19H27N3OS2/c1-15(2)13-21-8-10-22(11-9-21)18(23)17-6-4-3-5-16(17)14-25-19-20-7-12-24-19/h3-6,15H,7-14H2,1-2H3. The Balaban J connectivity index is 1.60. The lowest BCUT2D eigenvalue weighted by Crippen LogP contribution is -2.49. The van der Waals surface area contributed by atoms with E-state index in [-0.39, 0.29) is 5.91 Å². The van der Waals surface area contributed by atoms with Crippen LogP contribution in [0.15, 0.2) is 29.3 Å². The molecule has 0 bridgehead atoms. The van der Waals surface area contributed by atoms with Gasteiger partial charge in [-0.3, -0.25) is 14.7 Å². The molecule has 25 heavy (non-hydrogen) atoms. The molecule has 0 aliphatic carbocycles. The molecule has 0 atom stereocenters. The highest BCUT2D eigenvalue weighted by Crippen LogP contribution is 2.27. The second kappa shape index (κ2) is 9.10. The summed E-state index contributed by atoms with van der Waals surface area (Å²) in [6.45, 7) is 10.2. The molecule has 2 heterocycles. The van der Waals surface area contributed by atoms with Gasteiger partial charge in [0.15, 0.2) is 0 Å². The minimum absolute atomic E-state index is 0.182. The lowest BCUT2D eigenvalue weighted by atomic mass is 10.1. The van der Waals surface area contributed by atoms with Crippen LogP contribution in [0.25, 0.3) is 0 Å². The minimum atomic E-state index is 0.182. The molecule has 0 spiro atoms. The van der Waals surface area contributed by atoms with Gasteiger partial charge in [-0.2, -0.15) is 0 Å². The highest BCUT2D eigenvalue weighted by atomic mass is 32.2. The van der Waals surface area contributed by atoms with Gasteiger partial charge >= 0.3 is 0 Å². The van der Waals surface area contributed by atoms with E-state index in [1.807, 2.05) is 34.9 Å². The number of piperazine rings is 1. The van der Waals surface area contributed by atoms with E-state index in [1.54, 1.807) is 11.8 Å². The van der Waals surface area contributed by atoms with E-state index in [9.17, 15) is 4.79 Å². The summed E-state index contributed by atoms with van der Waals surface area (Å²) in [7, 11) is 0. The first-order chi connectivity index (χ1) is 12.1. The Kier molecular flexibility index (Phi) is 6.84. The van der Waals surface area contributed by atoms with Crippen LogP contribution in [0.4, 0.5) is 0 Å². The quantitative estimate of drug-likeness (QED) is 0.788. The molecule has 136 valence electrons.